The van der Waals surface area contributed by atoms with Crippen molar-refractivity contribution in [2.75, 3.05) is 5.73 Å². The van der Waals surface area contributed by atoms with Gasteiger partial charge in [-0.15, -0.1) is 0 Å². The predicted molar refractivity (Wildman–Crippen MR) is 99.7 cm³/mol. The molecule has 1 aromatic heterocycles. The second kappa shape index (κ2) is 6.82. The van der Waals surface area contributed by atoms with Crippen LogP contribution in [0.2, 0.25) is 0 Å². The molecule has 2 bridgehead atoms. The molecule has 0 radical (unpaired) electrons. The van der Waals surface area contributed by atoms with Gasteiger partial charge in [0.05, 0.1) is 28.4 Å². The average molecular weight is 420 g/mol. The molecular formula is C20H21FN2O7. The maximum atomic E-state index is 14.5. The van der Waals surface area contributed by atoms with Crippen LogP contribution in [0.15, 0.2) is 18.2 Å². The van der Waals surface area contributed by atoms with Gasteiger partial charge < -0.3 is 35.6 Å². The molecule has 2 aromatic rings. The van der Waals surface area contributed by atoms with Crippen LogP contribution in [-0.2, 0) is 14.3 Å². The Balaban J connectivity index is 1.54. The third-order valence-electron chi connectivity index (χ3n) is 6.44. The lowest BCUT2D eigenvalue weighted by Crippen LogP contribution is -2.60. The zero-order valence-electron chi connectivity index (χ0n) is 15.7. The highest BCUT2D eigenvalue weighted by Crippen LogP contribution is 2.58. The van der Waals surface area contributed by atoms with E-state index >= 15 is 0 Å². The number of carboxylic acid groups (broad SMARTS) is 1. The van der Waals surface area contributed by atoms with Crippen LogP contribution in [0.25, 0.3) is 10.9 Å². The van der Waals surface area contributed by atoms with E-state index in [0.717, 1.165) is 12.8 Å². The number of aromatic nitrogens is 1. The normalized spacial score (nSPS) is 37.5. The molecule has 1 saturated heterocycles. The Morgan fingerprint density at radius 2 is 1.93 bits per heavy atom. The van der Waals surface area contributed by atoms with E-state index in [4.69, 9.17) is 15.2 Å². The van der Waals surface area contributed by atoms with Gasteiger partial charge in [-0.05, 0) is 30.9 Å². The third-order valence-corrected chi connectivity index (χ3v) is 6.44. The van der Waals surface area contributed by atoms with Crippen molar-refractivity contribution >= 4 is 22.6 Å². The number of aliphatic carboxylic acids is 1. The van der Waals surface area contributed by atoms with E-state index in [1.807, 2.05) is 0 Å². The fourth-order valence-electron chi connectivity index (χ4n) is 4.80. The summed E-state index contributed by atoms with van der Waals surface area (Å²) in [5.41, 5.74) is 8.15. The Labute approximate surface area is 169 Å². The predicted octanol–water partition coefficient (Wildman–Crippen LogP) is 0.413. The minimum absolute atomic E-state index is 0.00102. The highest BCUT2D eigenvalue weighted by Gasteiger charge is 2.52. The molecule has 30 heavy (non-hydrogen) atoms. The summed E-state index contributed by atoms with van der Waals surface area (Å²) in [5.74, 6) is -1.85. The molecule has 6 N–H and O–H groups in total. The summed E-state index contributed by atoms with van der Waals surface area (Å²) in [6, 6.07) is 4.52. The lowest BCUT2D eigenvalue weighted by molar-refractivity contribution is -0.312. The number of aliphatic hydroxyl groups is 3. The van der Waals surface area contributed by atoms with Gasteiger partial charge in [-0.3, -0.25) is 4.98 Å². The molecule has 2 heterocycles. The number of rotatable bonds is 3. The number of aliphatic hydroxyl groups excluding tert-OH is 3. The van der Waals surface area contributed by atoms with Crippen molar-refractivity contribution in [3.05, 3.63) is 35.3 Å². The van der Waals surface area contributed by atoms with Crippen molar-refractivity contribution in [3.8, 4) is 0 Å². The summed E-state index contributed by atoms with van der Waals surface area (Å²) < 4.78 is 25.7. The Hall–Kier alpha value is -2.37. The number of nitrogens with zero attached hydrogens (tertiary/aromatic N) is 1. The molecule has 10 heteroatoms. The number of nitrogens with two attached hydrogens (primary N) is 1. The van der Waals surface area contributed by atoms with Crippen molar-refractivity contribution in [2.24, 2.45) is 5.92 Å². The Morgan fingerprint density at radius 1 is 1.20 bits per heavy atom. The molecule has 0 amide bonds. The van der Waals surface area contributed by atoms with E-state index in [2.05, 4.69) is 4.98 Å². The van der Waals surface area contributed by atoms with Crippen molar-refractivity contribution < 1.29 is 39.1 Å². The number of nitrogen functional groups attached to an aromatic ring is 1. The molecule has 1 aliphatic heterocycles. The highest BCUT2D eigenvalue weighted by atomic mass is 19.1. The fraction of sp³-hybridized carbons (Fsp3) is 0.500. The minimum Gasteiger partial charge on any atom is -0.479 e. The largest absolute Gasteiger partial charge is 0.479 e. The zero-order valence-corrected chi connectivity index (χ0v) is 15.7. The number of benzene rings is 1. The van der Waals surface area contributed by atoms with E-state index in [-0.39, 0.29) is 22.9 Å². The summed E-state index contributed by atoms with van der Waals surface area (Å²) in [5, 5.41) is 39.7. The number of carboxylic acids is 1. The topological polar surface area (TPSA) is 155 Å². The zero-order chi connectivity index (χ0) is 21.3. The van der Waals surface area contributed by atoms with Gasteiger partial charge in [0.15, 0.2) is 12.4 Å². The first kappa shape index (κ1) is 19.6. The quantitative estimate of drug-likeness (QED) is 0.475. The molecule has 6 rings (SSSR count). The van der Waals surface area contributed by atoms with Gasteiger partial charge in [-0.2, -0.15) is 0 Å². The Kier molecular flexibility index (Phi) is 4.46. The van der Waals surface area contributed by atoms with Gasteiger partial charge in [-0.1, -0.05) is 6.07 Å². The number of ether oxygens (including phenoxy) is 2. The van der Waals surface area contributed by atoms with Crippen LogP contribution in [0.1, 0.15) is 36.1 Å². The van der Waals surface area contributed by atoms with E-state index in [0.29, 0.717) is 16.8 Å². The Bertz CT molecular complexity index is 1030. The van der Waals surface area contributed by atoms with Gasteiger partial charge in [0.25, 0.3) is 0 Å². The van der Waals surface area contributed by atoms with E-state index < -0.39 is 48.6 Å². The van der Waals surface area contributed by atoms with Crippen LogP contribution < -0.4 is 5.73 Å². The summed E-state index contributed by atoms with van der Waals surface area (Å²) in [7, 11) is 0. The molecule has 6 atom stereocenters. The number of hydrogen-bond donors (Lipinski definition) is 5. The summed E-state index contributed by atoms with van der Waals surface area (Å²) in [6.45, 7) is 0. The number of fused-ring (bicyclic) bond motifs is 1. The number of hydrogen-bond acceptors (Lipinski definition) is 8. The molecule has 9 nitrogen and oxygen atoms in total. The van der Waals surface area contributed by atoms with Crippen molar-refractivity contribution in [1.29, 1.82) is 0 Å². The third kappa shape index (κ3) is 2.72. The maximum absolute atomic E-state index is 14.5. The first-order valence-corrected chi connectivity index (χ1v) is 9.73. The highest BCUT2D eigenvalue weighted by molar-refractivity contribution is 5.93. The van der Waals surface area contributed by atoms with E-state index in [9.17, 15) is 29.6 Å². The van der Waals surface area contributed by atoms with Crippen LogP contribution in [0.4, 0.5) is 10.1 Å². The van der Waals surface area contributed by atoms with Crippen molar-refractivity contribution in [3.63, 3.8) is 0 Å². The smallest absolute Gasteiger partial charge is 0.335 e. The van der Waals surface area contributed by atoms with E-state index in [1.54, 1.807) is 12.1 Å². The number of pyridine rings is 1. The molecule has 4 aliphatic rings. The van der Waals surface area contributed by atoms with Gasteiger partial charge in [0.1, 0.15) is 24.1 Å². The molecule has 2 fully saturated rings. The second-order valence-corrected chi connectivity index (χ2v) is 8.18. The summed E-state index contributed by atoms with van der Waals surface area (Å²) in [6.07, 6.45) is -7.77. The molecule has 0 spiro atoms. The van der Waals surface area contributed by atoms with E-state index in [1.165, 1.54) is 6.07 Å². The van der Waals surface area contributed by atoms with Gasteiger partial charge in [0.2, 0.25) is 0 Å². The lowest BCUT2D eigenvalue weighted by atomic mass is 9.62. The van der Waals surface area contributed by atoms with Crippen LogP contribution >= 0.6 is 0 Å². The van der Waals surface area contributed by atoms with Crippen LogP contribution in [0, 0.1) is 11.7 Å². The molecular weight excluding hydrogens is 399 g/mol. The molecule has 160 valence electrons. The standard InChI is InChI=1S/C20H21FN2O7/c21-8-2-1-3-9-10(8)12(22)11-13(23-9)6-4-7(5-6)17(11)29-20-16(26)14(24)15(25)18(30-20)19(27)28/h1-3,6-7,14-18,20,24-26H,4-5H2,(H2,22,23)(H,27,28)/t6?,7?,14-,15-,16+,17?,18-,20+/m0/s1. The number of anilines is 1. The minimum atomic E-state index is -1.81. The fourth-order valence-corrected chi connectivity index (χ4v) is 4.80. The Morgan fingerprint density at radius 3 is 2.63 bits per heavy atom. The number of halogens is 1. The van der Waals surface area contributed by atoms with Crippen molar-refractivity contribution in [1.82, 2.24) is 4.98 Å². The first-order chi connectivity index (χ1) is 14.3. The van der Waals surface area contributed by atoms with Gasteiger partial charge in [0, 0.05) is 11.5 Å². The SMILES string of the molecule is Nc1c2c(nc3cccc(F)c13)C1CC(C1)C2O[C@@H]1O[C@H](C(=O)O)[C@@H](O)[C@H](O)[C@H]1O. The summed E-state index contributed by atoms with van der Waals surface area (Å²) >= 11 is 0. The molecule has 1 unspecified atom stereocenters. The van der Waals surface area contributed by atoms with Crippen molar-refractivity contribution in [2.45, 2.75) is 55.6 Å². The van der Waals surface area contributed by atoms with Crippen LogP contribution in [-0.4, -0.2) is 62.1 Å². The van der Waals surface area contributed by atoms with Gasteiger partial charge >= 0.3 is 5.97 Å². The second-order valence-electron chi connectivity index (χ2n) is 8.18. The molecule has 1 saturated carbocycles. The van der Waals surface area contributed by atoms with Crippen LogP contribution in [0.3, 0.4) is 0 Å². The van der Waals surface area contributed by atoms with Gasteiger partial charge in [-0.25, -0.2) is 9.18 Å². The lowest BCUT2D eigenvalue weighted by Gasteiger charge is -2.49. The maximum Gasteiger partial charge on any atom is 0.335 e. The first-order valence-electron chi connectivity index (χ1n) is 9.73. The number of carbonyl (C=O) groups is 1. The molecule has 1 aromatic carbocycles. The monoisotopic (exact) mass is 420 g/mol. The average Bonchev–Trinajstić information content (AvgIpc) is 2.66. The van der Waals surface area contributed by atoms with Crippen LogP contribution in [0.5, 0.6) is 0 Å². The molecule has 3 aliphatic carbocycles. The summed E-state index contributed by atoms with van der Waals surface area (Å²) in [4.78, 5) is 16.0.